The molecule has 5 heteroatoms. The van der Waals surface area contributed by atoms with Crippen LogP contribution < -0.4 is 4.72 Å². The maximum atomic E-state index is 11.6. The first-order valence-electron chi connectivity index (χ1n) is 4.75. The highest BCUT2D eigenvalue weighted by molar-refractivity contribution is 7.90. The minimum absolute atomic E-state index is 0.137. The zero-order chi connectivity index (χ0) is 11.4. The standard InChI is InChI=1S/C9H18N2O2S/c1-5-9(6-10)14(12,13)11-8(4)7(2)3/h7-9,11H,5H2,1-4H3. The number of hydrogen-bond donors (Lipinski definition) is 1. The molecule has 0 saturated heterocycles. The van der Waals surface area contributed by atoms with Crippen LogP contribution in [-0.4, -0.2) is 19.7 Å². The fraction of sp³-hybridized carbons (Fsp3) is 0.889. The summed E-state index contributed by atoms with van der Waals surface area (Å²) in [6.45, 7) is 7.35. The molecule has 0 fully saturated rings. The molecule has 0 heterocycles. The Balaban J connectivity index is 4.59. The van der Waals surface area contributed by atoms with E-state index in [9.17, 15) is 8.42 Å². The maximum Gasteiger partial charge on any atom is 0.228 e. The molecule has 0 aromatic rings. The second-order valence-electron chi connectivity index (χ2n) is 3.72. The summed E-state index contributed by atoms with van der Waals surface area (Å²) >= 11 is 0. The lowest BCUT2D eigenvalue weighted by atomic mass is 10.1. The van der Waals surface area contributed by atoms with Crippen LogP contribution in [0.5, 0.6) is 0 Å². The van der Waals surface area contributed by atoms with Crippen LogP contribution in [0.3, 0.4) is 0 Å². The molecule has 0 aromatic carbocycles. The Morgan fingerprint density at radius 3 is 2.14 bits per heavy atom. The van der Waals surface area contributed by atoms with Gasteiger partial charge in [-0.3, -0.25) is 0 Å². The molecule has 0 aliphatic carbocycles. The third kappa shape index (κ3) is 3.64. The van der Waals surface area contributed by atoms with Crippen LogP contribution in [0.1, 0.15) is 34.1 Å². The first kappa shape index (κ1) is 13.4. The van der Waals surface area contributed by atoms with Crippen molar-refractivity contribution in [1.29, 1.82) is 5.26 Å². The zero-order valence-electron chi connectivity index (χ0n) is 9.11. The van der Waals surface area contributed by atoms with Crippen molar-refractivity contribution in [2.45, 2.75) is 45.4 Å². The van der Waals surface area contributed by atoms with E-state index in [-0.39, 0.29) is 12.0 Å². The normalized spacial score (nSPS) is 16.3. The summed E-state index contributed by atoms with van der Waals surface area (Å²) in [5.41, 5.74) is 0. The number of nitrogens with zero attached hydrogens (tertiary/aromatic N) is 1. The molecule has 0 amide bonds. The summed E-state index contributed by atoms with van der Waals surface area (Å²) in [6.07, 6.45) is 0.316. The van der Waals surface area contributed by atoms with E-state index in [1.54, 1.807) is 19.9 Å². The highest BCUT2D eigenvalue weighted by Gasteiger charge is 2.25. The van der Waals surface area contributed by atoms with E-state index in [0.717, 1.165) is 0 Å². The van der Waals surface area contributed by atoms with E-state index in [1.165, 1.54) is 0 Å². The van der Waals surface area contributed by atoms with Gasteiger partial charge in [0.25, 0.3) is 0 Å². The molecule has 0 bridgehead atoms. The van der Waals surface area contributed by atoms with Crippen LogP contribution in [0.2, 0.25) is 0 Å². The quantitative estimate of drug-likeness (QED) is 0.755. The van der Waals surface area contributed by atoms with Crippen LogP contribution in [0.4, 0.5) is 0 Å². The van der Waals surface area contributed by atoms with Crippen LogP contribution >= 0.6 is 0 Å². The lowest BCUT2D eigenvalue weighted by molar-refractivity contribution is 0.474. The predicted octanol–water partition coefficient (Wildman–Crippen LogP) is 1.25. The van der Waals surface area contributed by atoms with Crippen molar-refractivity contribution < 1.29 is 8.42 Å². The molecule has 4 nitrogen and oxygen atoms in total. The van der Waals surface area contributed by atoms with Gasteiger partial charge in [0.15, 0.2) is 5.25 Å². The lowest BCUT2D eigenvalue weighted by Gasteiger charge is -2.19. The predicted molar refractivity (Wildman–Crippen MR) is 56.0 cm³/mol. The number of nitriles is 1. The minimum atomic E-state index is -3.48. The van der Waals surface area contributed by atoms with Gasteiger partial charge >= 0.3 is 0 Å². The van der Waals surface area contributed by atoms with E-state index >= 15 is 0 Å². The van der Waals surface area contributed by atoms with Crippen LogP contribution in [0, 0.1) is 17.2 Å². The summed E-state index contributed by atoms with van der Waals surface area (Å²) in [4.78, 5) is 0. The number of rotatable bonds is 5. The molecule has 0 aliphatic rings. The van der Waals surface area contributed by atoms with E-state index in [1.807, 2.05) is 13.8 Å². The van der Waals surface area contributed by atoms with Gasteiger partial charge in [0.05, 0.1) is 6.07 Å². The van der Waals surface area contributed by atoms with Gasteiger partial charge in [-0.25, -0.2) is 13.1 Å². The Morgan fingerprint density at radius 1 is 1.36 bits per heavy atom. The Morgan fingerprint density at radius 2 is 1.86 bits per heavy atom. The second kappa shape index (κ2) is 5.32. The van der Waals surface area contributed by atoms with E-state index in [4.69, 9.17) is 5.26 Å². The average Bonchev–Trinajstić information content (AvgIpc) is 2.04. The largest absolute Gasteiger partial charge is 0.228 e. The van der Waals surface area contributed by atoms with Crippen molar-refractivity contribution in [1.82, 2.24) is 4.72 Å². The average molecular weight is 218 g/mol. The SMILES string of the molecule is CCC(C#N)S(=O)(=O)NC(C)C(C)C. The lowest BCUT2D eigenvalue weighted by Crippen LogP contribution is -2.41. The van der Waals surface area contributed by atoms with E-state index < -0.39 is 15.3 Å². The number of sulfonamides is 1. The fourth-order valence-corrected chi connectivity index (χ4v) is 2.39. The van der Waals surface area contributed by atoms with Gasteiger partial charge < -0.3 is 0 Å². The third-order valence-electron chi connectivity index (χ3n) is 2.24. The molecule has 2 unspecified atom stereocenters. The number of nitrogens with one attached hydrogen (secondary N) is 1. The van der Waals surface area contributed by atoms with Gasteiger partial charge in [0.1, 0.15) is 0 Å². The molecule has 2 atom stereocenters. The van der Waals surface area contributed by atoms with Gasteiger partial charge in [-0.2, -0.15) is 5.26 Å². The van der Waals surface area contributed by atoms with Crippen molar-refractivity contribution in [2.75, 3.05) is 0 Å². The van der Waals surface area contributed by atoms with Gasteiger partial charge in [-0.05, 0) is 19.3 Å². The molecular formula is C9H18N2O2S. The zero-order valence-corrected chi connectivity index (χ0v) is 9.93. The highest BCUT2D eigenvalue weighted by Crippen LogP contribution is 2.07. The molecule has 0 rings (SSSR count). The van der Waals surface area contributed by atoms with Gasteiger partial charge in [-0.1, -0.05) is 20.8 Å². The summed E-state index contributed by atoms with van der Waals surface area (Å²) < 4.78 is 25.7. The Labute approximate surface area is 86.4 Å². The van der Waals surface area contributed by atoms with Crippen molar-refractivity contribution in [3.8, 4) is 6.07 Å². The highest BCUT2D eigenvalue weighted by atomic mass is 32.2. The van der Waals surface area contributed by atoms with Gasteiger partial charge in [0.2, 0.25) is 10.0 Å². The van der Waals surface area contributed by atoms with Crippen LogP contribution in [0.25, 0.3) is 0 Å². The van der Waals surface area contributed by atoms with Crippen molar-refractivity contribution >= 4 is 10.0 Å². The molecular weight excluding hydrogens is 200 g/mol. The Hall–Kier alpha value is -0.600. The van der Waals surface area contributed by atoms with Crippen LogP contribution in [0.15, 0.2) is 0 Å². The first-order chi connectivity index (χ1) is 6.35. The molecule has 0 spiro atoms. The van der Waals surface area contributed by atoms with E-state index in [0.29, 0.717) is 6.42 Å². The molecule has 0 aliphatic heterocycles. The molecule has 0 aromatic heterocycles. The van der Waals surface area contributed by atoms with Gasteiger partial charge in [0, 0.05) is 6.04 Å². The molecule has 0 saturated carbocycles. The van der Waals surface area contributed by atoms with Crippen molar-refractivity contribution in [2.24, 2.45) is 5.92 Å². The topological polar surface area (TPSA) is 70.0 Å². The first-order valence-corrected chi connectivity index (χ1v) is 6.30. The molecule has 0 radical (unpaired) electrons. The third-order valence-corrected chi connectivity index (χ3v) is 4.13. The summed E-state index contributed by atoms with van der Waals surface area (Å²) in [7, 11) is -3.48. The summed E-state index contributed by atoms with van der Waals surface area (Å²) in [6, 6.07) is 1.65. The monoisotopic (exact) mass is 218 g/mol. The van der Waals surface area contributed by atoms with Crippen LogP contribution in [-0.2, 0) is 10.0 Å². The van der Waals surface area contributed by atoms with Crippen molar-refractivity contribution in [3.05, 3.63) is 0 Å². The van der Waals surface area contributed by atoms with Crippen molar-refractivity contribution in [3.63, 3.8) is 0 Å². The Bertz CT molecular complexity index is 303. The summed E-state index contributed by atoms with van der Waals surface area (Å²) in [5.74, 6) is 0.223. The van der Waals surface area contributed by atoms with E-state index in [2.05, 4.69) is 4.72 Å². The maximum absolute atomic E-state index is 11.6. The smallest absolute Gasteiger partial charge is 0.211 e. The Kier molecular flexibility index (Phi) is 5.09. The van der Waals surface area contributed by atoms with Gasteiger partial charge in [-0.15, -0.1) is 0 Å². The second-order valence-corrected chi connectivity index (χ2v) is 5.62. The fourth-order valence-electron chi connectivity index (χ4n) is 0.857. The molecule has 82 valence electrons. The molecule has 14 heavy (non-hydrogen) atoms. The molecule has 1 N–H and O–H groups in total. The summed E-state index contributed by atoms with van der Waals surface area (Å²) in [5, 5.41) is 7.70. The number of hydrogen-bond acceptors (Lipinski definition) is 3. The minimum Gasteiger partial charge on any atom is -0.211 e.